The summed E-state index contributed by atoms with van der Waals surface area (Å²) in [4.78, 5) is 32.2. The fraction of sp³-hybridized carbons (Fsp3) is 0.111. The van der Waals surface area contributed by atoms with Crippen molar-refractivity contribution in [3.05, 3.63) is 70.1 Å². The number of amides is 1. The average Bonchev–Trinajstić information content (AvgIpc) is 2.63. The molecule has 0 spiro atoms. The molecule has 2 N–H and O–H groups in total. The zero-order valence-corrected chi connectivity index (χ0v) is 15.2. The number of nitrogens with one attached hydrogen (secondary N) is 1. The Kier molecular flexibility index (Phi) is 5.41. The van der Waals surface area contributed by atoms with E-state index in [1.165, 1.54) is 6.20 Å². The molecule has 1 aromatic carbocycles. The Morgan fingerprint density at radius 3 is 2.52 bits per heavy atom. The van der Waals surface area contributed by atoms with Crippen LogP contribution in [-0.2, 0) is 11.2 Å². The number of hydrogen-bond acceptors (Lipinski definition) is 4. The van der Waals surface area contributed by atoms with Crippen LogP contribution < -0.4 is 5.32 Å². The van der Waals surface area contributed by atoms with Crippen molar-refractivity contribution in [2.24, 2.45) is 0 Å². The fourth-order valence-electron chi connectivity index (χ4n) is 2.60. The number of pyridine rings is 2. The second-order valence-corrected chi connectivity index (χ2v) is 6.47. The molecule has 0 bridgehead atoms. The van der Waals surface area contributed by atoms with Crippen LogP contribution in [0.5, 0.6) is 0 Å². The number of rotatable bonds is 5. The van der Waals surface area contributed by atoms with Gasteiger partial charge in [-0.05, 0) is 40.2 Å². The minimum Gasteiger partial charge on any atom is -0.480 e. The van der Waals surface area contributed by atoms with Gasteiger partial charge in [0.2, 0.25) is 0 Å². The summed E-state index contributed by atoms with van der Waals surface area (Å²) in [5, 5.41) is 12.2. The van der Waals surface area contributed by atoms with E-state index in [1.807, 2.05) is 0 Å². The molecule has 9 heteroatoms. The van der Waals surface area contributed by atoms with Gasteiger partial charge in [-0.25, -0.2) is 13.6 Å². The number of aliphatic carboxylic acids is 1. The topological polar surface area (TPSA) is 92.2 Å². The van der Waals surface area contributed by atoms with Gasteiger partial charge in [0, 0.05) is 24.2 Å². The molecule has 6 nitrogen and oxygen atoms in total. The molecular weight excluding hydrogens is 424 g/mol. The lowest BCUT2D eigenvalue weighted by molar-refractivity contribution is -0.139. The number of carbonyl (C=O) groups excluding carboxylic acids is 1. The molecule has 27 heavy (non-hydrogen) atoms. The lowest BCUT2D eigenvalue weighted by Gasteiger charge is -2.16. The molecule has 0 saturated carbocycles. The van der Waals surface area contributed by atoms with Crippen LogP contribution in [0.3, 0.4) is 0 Å². The summed E-state index contributed by atoms with van der Waals surface area (Å²) < 4.78 is 28.1. The molecule has 0 radical (unpaired) electrons. The second kappa shape index (κ2) is 7.75. The van der Waals surface area contributed by atoms with Crippen molar-refractivity contribution in [3.63, 3.8) is 0 Å². The zero-order chi connectivity index (χ0) is 19.6. The van der Waals surface area contributed by atoms with Gasteiger partial charge in [0.05, 0.1) is 15.7 Å². The summed E-state index contributed by atoms with van der Waals surface area (Å²) in [6.07, 6.45) is 2.86. The van der Waals surface area contributed by atoms with Crippen LogP contribution in [0.25, 0.3) is 10.9 Å². The highest BCUT2D eigenvalue weighted by atomic mass is 79.9. The number of aromatic nitrogens is 2. The maximum Gasteiger partial charge on any atom is 0.326 e. The molecule has 0 saturated heterocycles. The van der Waals surface area contributed by atoms with Crippen molar-refractivity contribution >= 4 is 38.7 Å². The predicted molar refractivity (Wildman–Crippen MR) is 96.2 cm³/mol. The average molecular weight is 436 g/mol. The first-order valence-corrected chi connectivity index (χ1v) is 8.53. The third kappa shape index (κ3) is 3.92. The minimum absolute atomic E-state index is 0.188. The SMILES string of the molecule is O=C(NC(Cc1ncc(Br)c2ncccc12)C(=O)O)c1c(F)cccc1F. The first-order chi connectivity index (χ1) is 12.9. The highest BCUT2D eigenvalue weighted by Gasteiger charge is 2.26. The third-order valence-corrected chi connectivity index (χ3v) is 4.45. The van der Waals surface area contributed by atoms with Gasteiger partial charge in [-0.1, -0.05) is 6.07 Å². The van der Waals surface area contributed by atoms with Crippen molar-refractivity contribution in [2.45, 2.75) is 12.5 Å². The van der Waals surface area contributed by atoms with E-state index < -0.39 is 35.1 Å². The van der Waals surface area contributed by atoms with Crippen LogP contribution in [0.1, 0.15) is 16.1 Å². The molecule has 0 aliphatic heterocycles. The van der Waals surface area contributed by atoms with E-state index in [0.717, 1.165) is 18.2 Å². The Morgan fingerprint density at radius 1 is 1.15 bits per heavy atom. The molecule has 0 aliphatic rings. The van der Waals surface area contributed by atoms with Gasteiger partial charge in [0.1, 0.15) is 23.2 Å². The standard InChI is InChI=1S/C18H12BrF2N3O3/c19-10-8-23-13(9-3-2-6-22-16(9)10)7-14(18(26)27)24-17(25)15-11(20)4-1-5-12(15)21/h1-6,8,14H,7H2,(H,24,25)(H,26,27). The molecule has 1 unspecified atom stereocenters. The molecule has 3 aromatic rings. The molecule has 2 aromatic heterocycles. The van der Waals surface area contributed by atoms with Crippen LogP contribution in [-0.4, -0.2) is 33.0 Å². The lowest BCUT2D eigenvalue weighted by Crippen LogP contribution is -2.43. The van der Waals surface area contributed by atoms with E-state index in [9.17, 15) is 23.5 Å². The second-order valence-electron chi connectivity index (χ2n) is 5.62. The van der Waals surface area contributed by atoms with Crippen molar-refractivity contribution < 1.29 is 23.5 Å². The number of hydrogen-bond donors (Lipinski definition) is 2. The van der Waals surface area contributed by atoms with Gasteiger partial charge in [0.25, 0.3) is 5.91 Å². The Bertz CT molecular complexity index is 1030. The van der Waals surface area contributed by atoms with Gasteiger partial charge >= 0.3 is 5.97 Å². The van der Waals surface area contributed by atoms with Crippen molar-refractivity contribution in [1.29, 1.82) is 0 Å². The number of carboxylic acids is 1. The van der Waals surface area contributed by atoms with Crippen molar-refractivity contribution in [3.8, 4) is 0 Å². The van der Waals surface area contributed by atoms with Crippen LogP contribution in [0.4, 0.5) is 8.78 Å². The zero-order valence-electron chi connectivity index (χ0n) is 13.6. The number of carbonyl (C=O) groups is 2. The maximum atomic E-state index is 13.8. The first kappa shape index (κ1) is 18.8. The van der Waals surface area contributed by atoms with E-state index in [2.05, 4.69) is 31.2 Å². The normalized spacial score (nSPS) is 12.0. The van der Waals surface area contributed by atoms with E-state index in [1.54, 1.807) is 18.3 Å². The number of halogens is 3. The maximum absolute atomic E-state index is 13.8. The molecule has 138 valence electrons. The minimum atomic E-state index is -1.44. The lowest BCUT2D eigenvalue weighted by atomic mass is 10.1. The van der Waals surface area contributed by atoms with Crippen molar-refractivity contribution in [1.82, 2.24) is 15.3 Å². The molecule has 2 heterocycles. The van der Waals surface area contributed by atoms with Gasteiger partial charge in [-0.3, -0.25) is 14.8 Å². The summed E-state index contributed by atoms with van der Waals surface area (Å²) in [6.45, 7) is 0. The number of fused-ring (bicyclic) bond motifs is 1. The van der Waals surface area contributed by atoms with E-state index in [-0.39, 0.29) is 6.42 Å². The Morgan fingerprint density at radius 2 is 1.85 bits per heavy atom. The smallest absolute Gasteiger partial charge is 0.326 e. The van der Waals surface area contributed by atoms with Gasteiger partial charge < -0.3 is 10.4 Å². The Balaban J connectivity index is 1.91. The van der Waals surface area contributed by atoms with E-state index in [0.29, 0.717) is 21.1 Å². The third-order valence-electron chi connectivity index (χ3n) is 3.87. The summed E-state index contributed by atoms with van der Waals surface area (Å²) in [5.74, 6) is -4.67. The highest BCUT2D eigenvalue weighted by molar-refractivity contribution is 9.10. The van der Waals surface area contributed by atoms with Crippen LogP contribution >= 0.6 is 15.9 Å². The molecule has 0 aliphatic carbocycles. The van der Waals surface area contributed by atoms with Crippen LogP contribution in [0, 0.1) is 11.6 Å². The summed E-state index contributed by atoms with van der Waals surface area (Å²) in [6, 6.07) is 4.90. The predicted octanol–water partition coefficient (Wildman–Crippen LogP) is 3.10. The Hall–Kier alpha value is -2.94. The molecule has 1 amide bonds. The van der Waals surface area contributed by atoms with Crippen molar-refractivity contribution in [2.75, 3.05) is 0 Å². The Labute approximate surface area is 160 Å². The fourth-order valence-corrected chi connectivity index (χ4v) is 3.01. The molecule has 3 rings (SSSR count). The van der Waals surface area contributed by atoms with E-state index >= 15 is 0 Å². The van der Waals surface area contributed by atoms with Gasteiger partial charge in [-0.15, -0.1) is 0 Å². The number of carboxylic acid groups (broad SMARTS) is 1. The molecular formula is C18H12BrF2N3O3. The quantitative estimate of drug-likeness (QED) is 0.642. The summed E-state index contributed by atoms with van der Waals surface area (Å²) in [7, 11) is 0. The van der Waals surface area contributed by atoms with Gasteiger partial charge in [-0.2, -0.15) is 0 Å². The molecule has 1 atom stereocenters. The monoisotopic (exact) mass is 435 g/mol. The molecule has 0 fully saturated rings. The first-order valence-electron chi connectivity index (χ1n) is 7.74. The largest absolute Gasteiger partial charge is 0.480 e. The number of nitrogens with zero attached hydrogens (tertiary/aromatic N) is 2. The van der Waals surface area contributed by atoms with Crippen LogP contribution in [0.2, 0.25) is 0 Å². The number of benzene rings is 1. The summed E-state index contributed by atoms with van der Waals surface area (Å²) >= 11 is 3.32. The summed E-state index contributed by atoms with van der Waals surface area (Å²) in [5.41, 5.74) is 0.125. The van der Waals surface area contributed by atoms with E-state index in [4.69, 9.17) is 0 Å². The van der Waals surface area contributed by atoms with Gasteiger partial charge in [0.15, 0.2) is 0 Å². The highest BCUT2D eigenvalue weighted by Crippen LogP contribution is 2.24. The van der Waals surface area contributed by atoms with Crippen LogP contribution in [0.15, 0.2) is 47.2 Å².